The summed E-state index contributed by atoms with van der Waals surface area (Å²) in [5, 5.41) is 0. The van der Waals surface area contributed by atoms with Gasteiger partial charge in [0.25, 0.3) is 5.91 Å². The normalized spacial score (nSPS) is 22.1. The van der Waals surface area contributed by atoms with Gasteiger partial charge in [0, 0.05) is 25.2 Å². The molecular weight excluding hydrogens is 346 g/mol. The molecule has 138 valence electrons. The van der Waals surface area contributed by atoms with E-state index in [1.165, 1.54) is 24.3 Å². The monoisotopic (exact) mass is 364 g/mol. The second-order valence-corrected chi connectivity index (χ2v) is 6.76. The van der Waals surface area contributed by atoms with Gasteiger partial charge in [0.2, 0.25) is 5.91 Å². The summed E-state index contributed by atoms with van der Waals surface area (Å²) in [6.07, 6.45) is -0.340. The Hall–Kier alpha value is -2.64. The minimum absolute atomic E-state index is 0.0725. The molecule has 4 rings (SSSR count). The summed E-state index contributed by atoms with van der Waals surface area (Å²) in [4.78, 5) is 28.1. The van der Waals surface area contributed by atoms with Crippen molar-refractivity contribution < 1.29 is 27.8 Å². The van der Waals surface area contributed by atoms with Crippen molar-refractivity contribution in [3.8, 4) is 11.5 Å². The van der Waals surface area contributed by atoms with Crippen LogP contribution in [-0.2, 0) is 4.79 Å². The number of ether oxygens (including phenoxy) is 2. The average molecular weight is 364 g/mol. The van der Waals surface area contributed by atoms with E-state index in [1.807, 2.05) is 0 Å². The molecule has 2 amide bonds. The first-order chi connectivity index (χ1) is 12.4. The van der Waals surface area contributed by atoms with Crippen LogP contribution in [-0.4, -0.2) is 53.1 Å². The predicted molar refractivity (Wildman–Crippen MR) is 87.0 cm³/mol. The molecule has 1 spiro atoms. The SMILES string of the molecule is C=CC(=O)N1CCC2(CC1)CCN2C(=O)c1cccc2c1OC(F)(F)O2. The Morgan fingerprint density at radius 3 is 2.42 bits per heavy atom. The number of likely N-dealkylation sites (tertiary alicyclic amines) is 2. The molecule has 0 atom stereocenters. The van der Waals surface area contributed by atoms with Gasteiger partial charge in [-0.15, -0.1) is 8.78 Å². The Morgan fingerprint density at radius 1 is 1.12 bits per heavy atom. The number of carbonyl (C=O) groups excluding carboxylic acids is 2. The van der Waals surface area contributed by atoms with Gasteiger partial charge in [-0.2, -0.15) is 0 Å². The fourth-order valence-corrected chi connectivity index (χ4v) is 3.93. The summed E-state index contributed by atoms with van der Waals surface area (Å²) in [6, 6.07) is 4.31. The number of carbonyl (C=O) groups is 2. The summed E-state index contributed by atoms with van der Waals surface area (Å²) >= 11 is 0. The highest BCUT2D eigenvalue weighted by atomic mass is 19.3. The summed E-state index contributed by atoms with van der Waals surface area (Å²) in [6.45, 7) is 5.12. The first kappa shape index (κ1) is 16.8. The van der Waals surface area contributed by atoms with Crippen LogP contribution in [0.3, 0.4) is 0 Å². The molecule has 3 heterocycles. The Morgan fingerprint density at radius 2 is 1.81 bits per heavy atom. The van der Waals surface area contributed by atoms with Crippen molar-refractivity contribution in [1.82, 2.24) is 9.80 Å². The average Bonchev–Trinajstić information content (AvgIpc) is 2.93. The number of hydrogen-bond acceptors (Lipinski definition) is 4. The van der Waals surface area contributed by atoms with Gasteiger partial charge in [-0.05, 0) is 37.5 Å². The summed E-state index contributed by atoms with van der Waals surface area (Å²) < 4.78 is 35.7. The van der Waals surface area contributed by atoms with Crippen molar-refractivity contribution in [3.63, 3.8) is 0 Å². The summed E-state index contributed by atoms with van der Waals surface area (Å²) in [7, 11) is 0. The molecule has 1 aromatic rings. The first-order valence-electron chi connectivity index (χ1n) is 8.47. The lowest BCUT2D eigenvalue weighted by Crippen LogP contribution is -2.66. The number of alkyl halides is 2. The molecule has 2 saturated heterocycles. The van der Waals surface area contributed by atoms with Gasteiger partial charge in [0.05, 0.1) is 5.56 Å². The Kier molecular flexibility index (Phi) is 3.68. The largest absolute Gasteiger partial charge is 0.586 e. The van der Waals surface area contributed by atoms with Crippen molar-refractivity contribution in [3.05, 3.63) is 36.4 Å². The molecule has 0 bridgehead atoms. The number of rotatable bonds is 2. The Labute approximate surface area is 149 Å². The lowest BCUT2D eigenvalue weighted by molar-refractivity contribution is -0.286. The fraction of sp³-hybridized carbons (Fsp3) is 0.444. The molecule has 1 aromatic carbocycles. The topological polar surface area (TPSA) is 59.1 Å². The third-order valence-electron chi connectivity index (χ3n) is 5.46. The molecule has 3 aliphatic rings. The maximum absolute atomic E-state index is 13.4. The first-order valence-corrected chi connectivity index (χ1v) is 8.47. The number of nitrogens with zero attached hydrogens (tertiary/aromatic N) is 2. The van der Waals surface area contributed by atoms with E-state index in [0.717, 1.165) is 6.42 Å². The molecule has 3 aliphatic heterocycles. The molecule has 26 heavy (non-hydrogen) atoms. The smallest absolute Gasteiger partial charge is 0.395 e. The van der Waals surface area contributed by atoms with Gasteiger partial charge in [0.15, 0.2) is 11.5 Å². The van der Waals surface area contributed by atoms with E-state index in [4.69, 9.17) is 0 Å². The second kappa shape index (κ2) is 5.69. The number of halogens is 2. The van der Waals surface area contributed by atoms with Crippen molar-refractivity contribution in [2.45, 2.75) is 31.1 Å². The maximum atomic E-state index is 13.4. The van der Waals surface area contributed by atoms with Gasteiger partial charge in [-0.1, -0.05) is 12.6 Å². The van der Waals surface area contributed by atoms with E-state index in [9.17, 15) is 18.4 Å². The number of para-hydroxylation sites is 1. The van der Waals surface area contributed by atoms with Crippen LogP contribution >= 0.6 is 0 Å². The van der Waals surface area contributed by atoms with Crippen LogP contribution in [0.25, 0.3) is 0 Å². The predicted octanol–water partition coefficient (Wildman–Crippen LogP) is 2.40. The minimum Gasteiger partial charge on any atom is -0.395 e. The summed E-state index contributed by atoms with van der Waals surface area (Å²) in [5.74, 6) is -0.825. The zero-order valence-electron chi connectivity index (χ0n) is 14.0. The molecule has 0 radical (unpaired) electrons. The molecule has 0 aromatic heterocycles. The molecule has 0 N–H and O–H groups in total. The molecular formula is C18H18F2N2O4. The van der Waals surface area contributed by atoms with Crippen LogP contribution in [0.1, 0.15) is 29.6 Å². The van der Waals surface area contributed by atoms with Gasteiger partial charge < -0.3 is 19.3 Å². The lowest BCUT2D eigenvalue weighted by atomic mass is 9.76. The number of hydrogen-bond donors (Lipinski definition) is 0. The minimum atomic E-state index is -3.76. The van der Waals surface area contributed by atoms with Crippen LogP contribution in [0.5, 0.6) is 11.5 Å². The molecule has 2 fully saturated rings. The lowest BCUT2D eigenvalue weighted by Gasteiger charge is -2.56. The van der Waals surface area contributed by atoms with Gasteiger partial charge >= 0.3 is 6.29 Å². The third kappa shape index (κ3) is 2.51. The second-order valence-electron chi connectivity index (χ2n) is 6.76. The van der Waals surface area contributed by atoms with Gasteiger partial charge in [-0.25, -0.2) is 0 Å². The van der Waals surface area contributed by atoms with E-state index in [-0.39, 0.29) is 34.4 Å². The standard InChI is InChI=1S/C18H18F2N2O4/c1-2-14(23)21-9-6-17(7-10-21)8-11-22(17)16(24)12-4-3-5-13-15(12)26-18(19,20)25-13/h2-5H,1,6-11H2. The van der Waals surface area contributed by atoms with Crippen LogP contribution < -0.4 is 9.47 Å². The van der Waals surface area contributed by atoms with Crippen molar-refractivity contribution in [2.75, 3.05) is 19.6 Å². The quantitative estimate of drug-likeness (QED) is 0.756. The number of fused-ring (bicyclic) bond motifs is 1. The fourth-order valence-electron chi connectivity index (χ4n) is 3.93. The molecule has 8 heteroatoms. The maximum Gasteiger partial charge on any atom is 0.586 e. The highest BCUT2D eigenvalue weighted by molar-refractivity contribution is 5.99. The zero-order chi connectivity index (χ0) is 18.5. The Bertz CT molecular complexity index is 787. The van der Waals surface area contributed by atoms with E-state index in [2.05, 4.69) is 16.1 Å². The van der Waals surface area contributed by atoms with E-state index in [0.29, 0.717) is 32.5 Å². The van der Waals surface area contributed by atoms with Crippen molar-refractivity contribution >= 4 is 11.8 Å². The van der Waals surface area contributed by atoms with Gasteiger partial charge in [-0.3, -0.25) is 9.59 Å². The van der Waals surface area contributed by atoms with Crippen LogP contribution in [0, 0.1) is 0 Å². The Balaban J connectivity index is 1.53. The molecule has 0 unspecified atom stereocenters. The summed E-state index contributed by atoms with van der Waals surface area (Å²) in [5.41, 5.74) is -0.261. The van der Waals surface area contributed by atoms with E-state index < -0.39 is 6.29 Å². The number of piperidine rings is 1. The van der Waals surface area contributed by atoms with Gasteiger partial charge in [0.1, 0.15) is 0 Å². The highest BCUT2D eigenvalue weighted by Crippen LogP contribution is 2.46. The van der Waals surface area contributed by atoms with Crippen molar-refractivity contribution in [1.29, 1.82) is 0 Å². The molecule has 0 saturated carbocycles. The van der Waals surface area contributed by atoms with E-state index in [1.54, 1.807) is 9.80 Å². The number of benzene rings is 1. The highest BCUT2D eigenvalue weighted by Gasteiger charge is 2.51. The zero-order valence-corrected chi connectivity index (χ0v) is 14.0. The molecule has 6 nitrogen and oxygen atoms in total. The van der Waals surface area contributed by atoms with Crippen LogP contribution in [0.2, 0.25) is 0 Å². The van der Waals surface area contributed by atoms with E-state index >= 15 is 0 Å². The number of amides is 2. The van der Waals surface area contributed by atoms with Crippen LogP contribution in [0.4, 0.5) is 8.78 Å². The van der Waals surface area contributed by atoms with Crippen molar-refractivity contribution in [2.24, 2.45) is 0 Å². The molecule has 0 aliphatic carbocycles. The van der Waals surface area contributed by atoms with Crippen LogP contribution in [0.15, 0.2) is 30.9 Å². The third-order valence-corrected chi connectivity index (χ3v) is 5.46.